The zero-order valence-corrected chi connectivity index (χ0v) is 12.4. The van der Waals surface area contributed by atoms with Crippen LogP contribution in [0.3, 0.4) is 0 Å². The van der Waals surface area contributed by atoms with Gasteiger partial charge in [0.25, 0.3) is 0 Å². The van der Waals surface area contributed by atoms with Gasteiger partial charge in [0.15, 0.2) is 9.84 Å². The second-order valence-electron chi connectivity index (χ2n) is 5.79. The van der Waals surface area contributed by atoms with Crippen molar-refractivity contribution in [2.75, 3.05) is 31.6 Å². The SMILES string of the molecule is CNC(CN1CCS(=O)(=O)CC1C)(C(N)=O)C1CC1. The van der Waals surface area contributed by atoms with Gasteiger partial charge in [0.1, 0.15) is 5.54 Å². The standard InChI is InChI=1S/C12H23N3O3S/c1-9-7-19(17,18)6-5-15(9)8-12(14-2,11(13)16)10-3-4-10/h9-10,14H,3-8H2,1-2H3,(H2,13,16). The minimum Gasteiger partial charge on any atom is -0.368 e. The first-order chi connectivity index (χ1) is 8.81. The first-order valence-electron chi connectivity index (χ1n) is 6.74. The Hall–Kier alpha value is -0.660. The van der Waals surface area contributed by atoms with Crippen molar-refractivity contribution >= 4 is 15.7 Å². The summed E-state index contributed by atoms with van der Waals surface area (Å²) in [6, 6.07) is -0.0652. The van der Waals surface area contributed by atoms with E-state index >= 15 is 0 Å². The van der Waals surface area contributed by atoms with Crippen LogP contribution in [0.15, 0.2) is 0 Å². The summed E-state index contributed by atoms with van der Waals surface area (Å²) in [5, 5.41) is 3.10. The molecule has 6 nitrogen and oxygen atoms in total. The van der Waals surface area contributed by atoms with Crippen molar-refractivity contribution in [3.63, 3.8) is 0 Å². The van der Waals surface area contributed by atoms with Crippen molar-refractivity contribution < 1.29 is 13.2 Å². The van der Waals surface area contributed by atoms with E-state index in [-0.39, 0.29) is 29.4 Å². The fraction of sp³-hybridized carbons (Fsp3) is 0.917. The van der Waals surface area contributed by atoms with Crippen LogP contribution in [0.5, 0.6) is 0 Å². The van der Waals surface area contributed by atoms with E-state index in [9.17, 15) is 13.2 Å². The van der Waals surface area contributed by atoms with Crippen molar-refractivity contribution in [3.8, 4) is 0 Å². The Bertz CT molecular complexity index is 461. The van der Waals surface area contributed by atoms with Gasteiger partial charge in [-0.15, -0.1) is 0 Å². The van der Waals surface area contributed by atoms with E-state index in [1.165, 1.54) is 0 Å². The summed E-state index contributed by atoms with van der Waals surface area (Å²) in [6.07, 6.45) is 2.01. The van der Waals surface area contributed by atoms with Crippen LogP contribution in [0.2, 0.25) is 0 Å². The molecule has 0 aromatic heterocycles. The van der Waals surface area contributed by atoms with Crippen LogP contribution in [-0.4, -0.2) is 62.4 Å². The number of hydrogen-bond donors (Lipinski definition) is 2. The number of amides is 1. The number of rotatable bonds is 5. The highest BCUT2D eigenvalue weighted by molar-refractivity contribution is 7.91. The van der Waals surface area contributed by atoms with E-state index in [4.69, 9.17) is 5.73 Å². The van der Waals surface area contributed by atoms with Crippen LogP contribution in [0.1, 0.15) is 19.8 Å². The van der Waals surface area contributed by atoms with Gasteiger partial charge >= 0.3 is 0 Å². The van der Waals surface area contributed by atoms with Gasteiger partial charge in [0, 0.05) is 19.1 Å². The summed E-state index contributed by atoms with van der Waals surface area (Å²) >= 11 is 0. The van der Waals surface area contributed by atoms with Crippen LogP contribution >= 0.6 is 0 Å². The first-order valence-corrected chi connectivity index (χ1v) is 8.56. The highest BCUT2D eigenvalue weighted by Gasteiger charge is 2.50. The molecule has 2 unspecified atom stereocenters. The molecule has 19 heavy (non-hydrogen) atoms. The molecule has 0 aromatic carbocycles. The molecule has 3 N–H and O–H groups in total. The van der Waals surface area contributed by atoms with Crippen LogP contribution in [0.25, 0.3) is 0 Å². The minimum absolute atomic E-state index is 0.0652. The Labute approximate surface area is 114 Å². The maximum Gasteiger partial charge on any atom is 0.239 e. The highest BCUT2D eigenvalue weighted by Crippen LogP contribution is 2.40. The second-order valence-corrected chi connectivity index (χ2v) is 8.02. The maximum atomic E-state index is 11.9. The molecule has 1 saturated heterocycles. The lowest BCUT2D eigenvalue weighted by Crippen LogP contribution is -2.64. The number of nitrogens with one attached hydrogen (secondary N) is 1. The van der Waals surface area contributed by atoms with Crippen molar-refractivity contribution in [3.05, 3.63) is 0 Å². The van der Waals surface area contributed by atoms with Crippen LogP contribution in [0.4, 0.5) is 0 Å². The van der Waals surface area contributed by atoms with E-state index in [0.717, 1.165) is 12.8 Å². The van der Waals surface area contributed by atoms with E-state index in [1.807, 2.05) is 6.92 Å². The largest absolute Gasteiger partial charge is 0.368 e. The third-order valence-electron chi connectivity index (χ3n) is 4.42. The molecule has 7 heteroatoms. The number of likely N-dealkylation sites (N-methyl/N-ethyl adjacent to an activating group) is 1. The molecule has 1 amide bonds. The van der Waals surface area contributed by atoms with Crippen LogP contribution in [-0.2, 0) is 14.6 Å². The maximum absolute atomic E-state index is 11.9. The molecule has 1 aliphatic carbocycles. The number of carbonyl (C=O) groups excluding carboxylic acids is 1. The summed E-state index contributed by atoms with van der Waals surface area (Å²) < 4.78 is 23.2. The average Bonchev–Trinajstić information content (AvgIpc) is 3.11. The van der Waals surface area contributed by atoms with E-state index < -0.39 is 15.4 Å². The lowest BCUT2D eigenvalue weighted by Gasteiger charge is -2.40. The van der Waals surface area contributed by atoms with Gasteiger partial charge < -0.3 is 11.1 Å². The Morgan fingerprint density at radius 3 is 2.53 bits per heavy atom. The van der Waals surface area contributed by atoms with Crippen LogP contribution < -0.4 is 11.1 Å². The Morgan fingerprint density at radius 2 is 2.11 bits per heavy atom. The second kappa shape index (κ2) is 5.03. The fourth-order valence-corrected chi connectivity index (χ4v) is 4.60. The van der Waals surface area contributed by atoms with Gasteiger partial charge in [0.2, 0.25) is 5.91 Å². The zero-order chi connectivity index (χ0) is 14.3. The predicted octanol–water partition coefficient (Wildman–Crippen LogP) is -1.04. The summed E-state index contributed by atoms with van der Waals surface area (Å²) in [5.41, 5.74) is 4.88. The zero-order valence-electron chi connectivity index (χ0n) is 11.6. The molecule has 1 saturated carbocycles. The summed E-state index contributed by atoms with van der Waals surface area (Å²) in [7, 11) is -1.17. The predicted molar refractivity (Wildman–Crippen MR) is 73.4 cm³/mol. The van der Waals surface area contributed by atoms with Gasteiger partial charge in [-0.3, -0.25) is 9.69 Å². The molecule has 0 bridgehead atoms. The van der Waals surface area contributed by atoms with Crippen molar-refractivity contribution in [1.29, 1.82) is 0 Å². The molecule has 0 aromatic rings. The minimum atomic E-state index is -2.93. The summed E-state index contributed by atoms with van der Waals surface area (Å²) in [6.45, 7) is 2.87. The number of nitrogens with zero attached hydrogens (tertiary/aromatic N) is 1. The topological polar surface area (TPSA) is 92.5 Å². The van der Waals surface area contributed by atoms with Crippen molar-refractivity contribution in [2.45, 2.75) is 31.3 Å². The quantitative estimate of drug-likeness (QED) is 0.674. The van der Waals surface area contributed by atoms with Gasteiger partial charge in [-0.05, 0) is 32.7 Å². The summed E-state index contributed by atoms with van der Waals surface area (Å²) in [4.78, 5) is 13.9. The van der Waals surface area contributed by atoms with E-state index in [1.54, 1.807) is 7.05 Å². The summed E-state index contributed by atoms with van der Waals surface area (Å²) in [5.74, 6) is 0.274. The number of hydrogen-bond acceptors (Lipinski definition) is 5. The van der Waals surface area contributed by atoms with Gasteiger partial charge in [0.05, 0.1) is 11.5 Å². The van der Waals surface area contributed by atoms with Gasteiger partial charge in [-0.1, -0.05) is 0 Å². The molecule has 0 spiro atoms. The highest BCUT2D eigenvalue weighted by atomic mass is 32.2. The third-order valence-corrected chi connectivity index (χ3v) is 6.22. The van der Waals surface area contributed by atoms with Gasteiger partial charge in [-0.25, -0.2) is 8.42 Å². The molecular weight excluding hydrogens is 266 g/mol. The lowest BCUT2D eigenvalue weighted by atomic mass is 9.91. The molecule has 2 fully saturated rings. The Kier molecular flexibility index (Phi) is 3.90. The van der Waals surface area contributed by atoms with Crippen molar-refractivity contribution in [2.24, 2.45) is 11.7 Å². The molecular formula is C12H23N3O3S. The molecule has 0 radical (unpaired) electrons. The van der Waals surface area contributed by atoms with Crippen LogP contribution in [0, 0.1) is 5.92 Å². The molecule has 1 aliphatic heterocycles. The smallest absolute Gasteiger partial charge is 0.239 e. The molecule has 2 aliphatic rings. The normalized spacial score (nSPS) is 30.7. The number of primary amides is 1. The number of nitrogens with two attached hydrogens (primary N) is 1. The van der Waals surface area contributed by atoms with E-state index in [0.29, 0.717) is 13.1 Å². The average molecular weight is 289 g/mol. The third kappa shape index (κ3) is 2.93. The van der Waals surface area contributed by atoms with E-state index in [2.05, 4.69) is 10.2 Å². The molecule has 2 rings (SSSR count). The lowest BCUT2D eigenvalue weighted by molar-refractivity contribution is -0.126. The first kappa shape index (κ1) is 14.7. The monoisotopic (exact) mass is 289 g/mol. The molecule has 1 heterocycles. The number of carbonyl (C=O) groups is 1. The van der Waals surface area contributed by atoms with Gasteiger partial charge in [-0.2, -0.15) is 0 Å². The number of sulfone groups is 1. The Balaban J connectivity index is 2.12. The molecule has 110 valence electrons. The molecule has 2 atom stereocenters. The van der Waals surface area contributed by atoms with Crippen molar-refractivity contribution in [1.82, 2.24) is 10.2 Å². The fourth-order valence-electron chi connectivity index (χ4n) is 2.98. The Morgan fingerprint density at radius 1 is 1.47 bits per heavy atom.